The van der Waals surface area contributed by atoms with Crippen LogP contribution in [0, 0.1) is 11.3 Å². The third kappa shape index (κ3) is 4.59. The Hall–Kier alpha value is -0.0800. The molecule has 3 atom stereocenters. The number of rotatable bonds is 3. The van der Waals surface area contributed by atoms with Gasteiger partial charge in [0, 0.05) is 18.6 Å². The van der Waals surface area contributed by atoms with Crippen molar-refractivity contribution >= 4 is 0 Å². The minimum atomic E-state index is 0.351. The quantitative estimate of drug-likeness (QED) is 0.767. The van der Waals surface area contributed by atoms with Crippen molar-refractivity contribution in [2.24, 2.45) is 17.1 Å². The first-order valence-corrected chi connectivity index (χ1v) is 7.28. The molecular weight excluding hydrogens is 208 g/mol. The lowest BCUT2D eigenvalue weighted by Crippen LogP contribution is -2.45. The molecule has 3 unspecified atom stereocenters. The average Bonchev–Trinajstić information content (AvgIpc) is 2.42. The van der Waals surface area contributed by atoms with Crippen LogP contribution in [0.5, 0.6) is 0 Å². The van der Waals surface area contributed by atoms with Gasteiger partial charge >= 0.3 is 0 Å². The lowest BCUT2D eigenvalue weighted by Gasteiger charge is -2.38. The van der Waals surface area contributed by atoms with Crippen LogP contribution < -0.4 is 5.73 Å². The summed E-state index contributed by atoms with van der Waals surface area (Å²) in [5, 5.41) is 0. The van der Waals surface area contributed by atoms with Crippen molar-refractivity contribution in [3.63, 3.8) is 0 Å². The number of nitrogens with zero attached hydrogens (tertiary/aromatic N) is 1. The highest BCUT2D eigenvalue weighted by Gasteiger charge is 2.28. The Morgan fingerprint density at radius 3 is 2.35 bits per heavy atom. The fraction of sp³-hybridized carbons (Fsp3) is 1.00. The van der Waals surface area contributed by atoms with E-state index >= 15 is 0 Å². The first kappa shape index (κ1) is 15.0. The molecule has 0 heterocycles. The topological polar surface area (TPSA) is 29.3 Å². The third-order valence-electron chi connectivity index (χ3n) is 4.65. The summed E-state index contributed by atoms with van der Waals surface area (Å²) in [6.07, 6.45) is 6.62. The second-order valence-corrected chi connectivity index (χ2v) is 7.04. The molecule has 0 aromatic carbocycles. The Morgan fingerprint density at radius 1 is 1.18 bits per heavy atom. The molecule has 1 rings (SSSR count). The largest absolute Gasteiger partial charge is 0.327 e. The van der Waals surface area contributed by atoms with E-state index in [9.17, 15) is 0 Å². The van der Waals surface area contributed by atoms with Crippen LogP contribution in [-0.4, -0.2) is 30.6 Å². The minimum Gasteiger partial charge on any atom is -0.327 e. The summed E-state index contributed by atoms with van der Waals surface area (Å²) in [4.78, 5) is 2.51. The summed E-state index contributed by atoms with van der Waals surface area (Å²) >= 11 is 0. The molecule has 0 amide bonds. The van der Waals surface area contributed by atoms with Gasteiger partial charge in [0.1, 0.15) is 0 Å². The van der Waals surface area contributed by atoms with E-state index in [2.05, 4.69) is 39.6 Å². The molecule has 2 nitrogen and oxygen atoms in total. The fourth-order valence-corrected chi connectivity index (χ4v) is 2.83. The first-order valence-electron chi connectivity index (χ1n) is 7.28. The number of hydrogen-bond acceptors (Lipinski definition) is 2. The third-order valence-corrected chi connectivity index (χ3v) is 4.65. The zero-order chi connectivity index (χ0) is 13.1. The van der Waals surface area contributed by atoms with Crippen LogP contribution >= 0.6 is 0 Å². The Morgan fingerprint density at radius 2 is 1.76 bits per heavy atom. The van der Waals surface area contributed by atoms with Gasteiger partial charge < -0.3 is 10.6 Å². The maximum Gasteiger partial charge on any atom is 0.0112 e. The molecule has 0 bridgehead atoms. The predicted octanol–water partition coefficient (Wildman–Crippen LogP) is 3.26. The van der Waals surface area contributed by atoms with Crippen LogP contribution in [0.25, 0.3) is 0 Å². The van der Waals surface area contributed by atoms with Crippen molar-refractivity contribution in [1.29, 1.82) is 0 Å². The van der Waals surface area contributed by atoms with Gasteiger partial charge in [0.05, 0.1) is 0 Å². The highest BCUT2D eigenvalue weighted by Crippen LogP contribution is 2.27. The van der Waals surface area contributed by atoms with Crippen LogP contribution in [0.4, 0.5) is 0 Å². The van der Waals surface area contributed by atoms with Crippen molar-refractivity contribution in [2.75, 3.05) is 13.6 Å². The number of hydrogen-bond donors (Lipinski definition) is 1. The molecule has 17 heavy (non-hydrogen) atoms. The van der Waals surface area contributed by atoms with Gasteiger partial charge in [-0.25, -0.2) is 0 Å². The molecule has 1 aliphatic rings. The molecule has 1 fully saturated rings. The molecule has 1 aliphatic carbocycles. The summed E-state index contributed by atoms with van der Waals surface area (Å²) < 4.78 is 0. The Bertz CT molecular complexity index is 219. The zero-order valence-electron chi connectivity index (χ0n) is 12.5. The van der Waals surface area contributed by atoms with Crippen LogP contribution in [0.2, 0.25) is 0 Å². The fourth-order valence-electron chi connectivity index (χ4n) is 2.83. The molecule has 0 aromatic rings. The van der Waals surface area contributed by atoms with E-state index in [4.69, 9.17) is 5.73 Å². The molecule has 0 aliphatic heterocycles. The SMILES string of the molecule is CC(N(C)CC1CCCCCC1N)C(C)(C)C. The normalized spacial score (nSPS) is 29.1. The van der Waals surface area contributed by atoms with Crippen molar-refractivity contribution in [2.45, 2.75) is 71.9 Å². The average molecular weight is 240 g/mol. The zero-order valence-corrected chi connectivity index (χ0v) is 12.5. The second kappa shape index (κ2) is 6.19. The van der Waals surface area contributed by atoms with E-state index in [0.717, 1.165) is 0 Å². The Labute approximate surface area is 108 Å². The maximum absolute atomic E-state index is 6.31. The van der Waals surface area contributed by atoms with Gasteiger partial charge in [-0.3, -0.25) is 0 Å². The summed E-state index contributed by atoms with van der Waals surface area (Å²) in [5.41, 5.74) is 6.66. The maximum atomic E-state index is 6.31. The molecule has 2 heteroatoms. The predicted molar refractivity (Wildman–Crippen MR) is 76.1 cm³/mol. The molecule has 0 saturated heterocycles. The summed E-state index contributed by atoms with van der Waals surface area (Å²) in [5.74, 6) is 0.701. The summed E-state index contributed by atoms with van der Waals surface area (Å²) in [6, 6.07) is 1.03. The smallest absolute Gasteiger partial charge is 0.0112 e. The lowest BCUT2D eigenvalue weighted by atomic mass is 9.86. The Balaban J connectivity index is 2.51. The molecular formula is C15H32N2. The van der Waals surface area contributed by atoms with Crippen LogP contribution in [0.3, 0.4) is 0 Å². The van der Waals surface area contributed by atoms with E-state index in [0.29, 0.717) is 23.4 Å². The van der Waals surface area contributed by atoms with Crippen molar-refractivity contribution in [1.82, 2.24) is 4.90 Å². The lowest BCUT2D eigenvalue weighted by molar-refractivity contribution is 0.114. The van der Waals surface area contributed by atoms with Gasteiger partial charge in [-0.2, -0.15) is 0 Å². The van der Waals surface area contributed by atoms with Crippen LogP contribution in [0.1, 0.15) is 59.8 Å². The Kier molecular flexibility index (Phi) is 5.46. The standard InChI is InChI=1S/C15H32N2/c1-12(15(2,3)4)17(5)11-13-9-7-6-8-10-14(13)16/h12-14H,6-11,16H2,1-5H3. The van der Waals surface area contributed by atoms with Gasteiger partial charge in [0.15, 0.2) is 0 Å². The minimum absolute atomic E-state index is 0.351. The van der Waals surface area contributed by atoms with E-state index in [1.165, 1.54) is 38.6 Å². The van der Waals surface area contributed by atoms with Gasteiger partial charge in [0.25, 0.3) is 0 Å². The highest BCUT2D eigenvalue weighted by atomic mass is 15.1. The first-order chi connectivity index (χ1) is 7.82. The molecule has 0 spiro atoms. The van der Waals surface area contributed by atoms with E-state index in [-0.39, 0.29) is 0 Å². The molecule has 0 radical (unpaired) electrons. The van der Waals surface area contributed by atoms with Crippen LogP contribution in [-0.2, 0) is 0 Å². The van der Waals surface area contributed by atoms with Crippen molar-refractivity contribution in [3.05, 3.63) is 0 Å². The summed E-state index contributed by atoms with van der Waals surface area (Å²) in [6.45, 7) is 10.5. The van der Waals surface area contributed by atoms with Crippen molar-refractivity contribution in [3.8, 4) is 0 Å². The van der Waals surface area contributed by atoms with Gasteiger partial charge in [-0.15, -0.1) is 0 Å². The second-order valence-electron chi connectivity index (χ2n) is 7.04. The monoisotopic (exact) mass is 240 g/mol. The number of nitrogens with two attached hydrogens (primary N) is 1. The molecule has 0 aromatic heterocycles. The van der Waals surface area contributed by atoms with Gasteiger partial charge in [0.2, 0.25) is 0 Å². The van der Waals surface area contributed by atoms with Crippen LogP contribution in [0.15, 0.2) is 0 Å². The van der Waals surface area contributed by atoms with E-state index < -0.39 is 0 Å². The van der Waals surface area contributed by atoms with Gasteiger partial charge in [-0.1, -0.05) is 40.0 Å². The van der Waals surface area contributed by atoms with E-state index in [1.54, 1.807) is 0 Å². The highest BCUT2D eigenvalue weighted by molar-refractivity contribution is 4.83. The van der Waals surface area contributed by atoms with Gasteiger partial charge in [-0.05, 0) is 38.1 Å². The molecule has 102 valence electrons. The van der Waals surface area contributed by atoms with E-state index in [1.807, 2.05) is 0 Å². The molecule has 2 N–H and O–H groups in total. The molecule has 1 saturated carbocycles. The summed E-state index contributed by atoms with van der Waals surface area (Å²) in [7, 11) is 2.26. The van der Waals surface area contributed by atoms with Crippen molar-refractivity contribution < 1.29 is 0 Å².